The van der Waals surface area contributed by atoms with Gasteiger partial charge in [-0.1, -0.05) is 43.3 Å². The van der Waals surface area contributed by atoms with Crippen molar-refractivity contribution in [1.82, 2.24) is 4.98 Å². The van der Waals surface area contributed by atoms with Crippen LogP contribution in [-0.2, 0) is 0 Å². The van der Waals surface area contributed by atoms with Crippen molar-refractivity contribution < 1.29 is 4.79 Å². The molecule has 1 atom stereocenters. The Morgan fingerprint density at radius 2 is 1.70 bits per heavy atom. The number of rotatable bonds is 4. The van der Waals surface area contributed by atoms with Gasteiger partial charge in [-0.15, -0.1) is 0 Å². The highest BCUT2D eigenvalue weighted by Gasteiger charge is 2.16. The summed E-state index contributed by atoms with van der Waals surface area (Å²) in [6, 6.07) is 19.8. The quantitative estimate of drug-likeness (QED) is 0.792. The van der Waals surface area contributed by atoms with Crippen LogP contribution < -0.4 is 5.73 Å². The van der Waals surface area contributed by atoms with Gasteiger partial charge in [-0.3, -0.25) is 9.78 Å². The average molecular weight is 302 g/mol. The SMILES string of the molecule is C[C@@H](c1ccccc1)c1cc(C(N)=O)ccc1-c1ccncc1. The first-order valence-corrected chi connectivity index (χ1v) is 7.56. The molecule has 0 aliphatic carbocycles. The van der Waals surface area contributed by atoms with Crippen molar-refractivity contribution >= 4 is 5.91 Å². The molecule has 2 aromatic carbocycles. The first-order valence-electron chi connectivity index (χ1n) is 7.56. The summed E-state index contributed by atoms with van der Waals surface area (Å²) in [5, 5.41) is 0. The summed E-state index contributed by atoms with van der Waals surface area (Å²) in [5.41, 5.74) is 10.4. The van der Waals surface area contributed by atoms with Crippen LogP contribution in [0.25, 0.3) is 11.1 Å². The zero-order valence-corrected chi connectivity index (χ0v) is 12.9. The summed E-state index contributed by atoms with van der Waals surface area (Å²) in [4.78, 5) is 15.6. The van der Waals surface area contributed by atoms with Gasteiger partial charge in [0.2, 0.25) is 5.91 Å². The maximum absolute atomic E-state index is 11.6. The second-order valence-corrected chi connectivity index (χ2v) is 5.53. The molecule has 3 aromatic rings. The molecule has 3 rings (SSSR count). The lowest BCUT2D eigenvalue weighted by Crippen LogP contribution is -2.12. The average Bonchev–Trinajstić information content (AvgIpc) is 2.62. The Balaban J connectivity index is 2.15. The van der Waals surface area contributed by atoms with Crippen LogP contribution in [-0.4, -0.2) is 10.9 Å². The zero-order chi connectivity index (χ0) is 16.2. The van der Waals surface area contributed by atoms with E-state index in [-0.39, 0.29) is 5.92 Å². The fourth-order valence-corrected chi connectivity index (χ4v) is 2.79. The lowest BCUT2D eigenvalue weighted by molar-refractivity contribution is 0.1000. The standard InChI is InChI=1S/C20H18N2O/c1-14(15-5-3-2-4-6-15)19-13-17(20(21)23)7-8-18(19)16-9-11-22-12-10-16/h2-14H,1H3,(H2,21,23)/t14-/m0/s1. The van der Waals surface area contributed by atoms with Gasteiger partial charge < -0.3 is 5.73 Å². The van der Waals surface area contributed by atoms with Crippen LogP contribution in [0, 0.1) is 0 Å². The molecule has 1 heterocycles. The number of pyridine rings is 1. The largest absolute Gasteiger partial charge is 0.366 e. The van der Waals surface area contributed by atoms with Gasteiger partial charge in [0.25, 0.3) is 0 Å². The van der Waals surface area contributed by atoms with E-state index in [4.69, 9.17) is 5.73 Å². The molecule has 0 spiro atoms. The molecule has 23 heavy (non-hydrogen) atoms. The number of nitrogens with zero attached hydrogens (tertiary/aromatic N) is 1. The zero-order valence-electron chi connectivity index (χ0n) is 12.9. The Morgan fingerprint density at radius 3 is 2.35 bits per heavy atom. The topological polar surface area (TPSA) is 56.0 Å². The Labute approximate surface area is 135 Å². The van der Waals surface area contributed by atoms with Crippen molar-refractivity contribution in [2.24, 2.45) is 5.73 Å². The number of benzene rings is 2. The summed E-state index contributed by atoms with van der Waals surface area (Å²) < 4.78 is 0. The molecule has 0 fully saturated rings. The van der Waals surface area contributed by atoms with Gasteiger partial charge in [0.15, 0.2) is 0 Å². The van der Waals surface area contributed by atoms with Crippen LogP contribution in [0.2, 0.25) is 0 Å². The van der Waals surface area contributed by atoms with Gasteiger partial charge in [-0.2, -0.15) is 0 Å². The van der Waals surface area contributed by atoms with Crippen molar-refractivity contribution in [3.63, 3.8) is 0 Å². The minimum atomic E-state index is -0.409. The van der Waals surface area contributed by atoms with E-state index in [1.54, 1.807) is 18.5 Å². The number of nitrogens with two attached hydrogens (primary N) is 1. The summed E-state index contributed by atoms with van der Waals surface area (Å²) in [7, 11) is 0. The van der Waals surface area contributed by atoms with E-state index < -0.39 is 5.91 Å². The maximum atomic E-state index is 11.6. The minimum absolute atomic E-state index is 0.152. The van der Waals surface area contributed by atoms with Crippen LogP contribution in [0.15, 0.2) is 73.1 Å². The molecule has 0 unspecified atom stereocenters. The maximum Gasteiger partial charge on any atom is 0.248 e. The molecule has 3 heteroatoms. The predicted molar refractivity (Wildman–Crippen MR) is 92.1 cm³/mol. The van der Waals surface area contributed by atoms with Crippen LogP contribution in [0.4, 0.5) is 0 Å². The van der Waals surface area contributed by atoms with Crippen LogP contribution >= 0.6 is 0 Å². The highest BCUT2D eigenvalue weighted by Crippen LogP contribution is 2.33. The van der Waals surface area contributed by atoms with Crippen molar-refractivity contribution in [2.45, 2.75) is 12.8 Å². The first kappa shape index (κ1) is 15.0. The van der Waals surface area contributed by atoms with Crippen molar-refractivity contribution in [3.05, 3.63) is 89.7 Å². The number of primary amides is 1. The third-order valence-electron chi connectivity index (χ3n) is 4.09. The number of amides is 1. The van der Waals surface area contributed by atoms with Gasteiger partial charge in [0.05, 0.1) is 0 Å². The molecular formula is C20H18N2O. The van der Waals surface area contributed by atoms with E-state index in [9.17, 15) is 4.79 Å². The Morgan fingerprint density at radius 1 is 1.00 bits per heavy atom. The van der Waals surface area contributed by atoms with Crippen molar-refractivity contribution in [3.8, 4) is 11.1 Å². The van der Waals surface area contributed by atoms with Crippen LogP contribution in [0.1, 0.15) is 34.3 Å². The number of carbonyl (C=O) groups excluding carboxylic acids is 1. The van der Waals surface area contributed by atoms with E-state index in [0.717, 1.165) is 16.7 Å². The predicted octanol–water partition coefficient (Wildman–Crippen LogP) is 4.00. The Hall–Kier alpha value is -2.94. The Kier molecular flexibility index (Phi) is 4.20. The smallest absolute Gasteiger partial charge is 0.248 e. The van der Waals surface area contributed by atoms with E-state index in [1.165, 1.54) is 5.56 Å². The molecule has 0 aliphatic rings. The molecule has 1 aromatic heterocycles. The monoisotopic (exact) mass is 302 g/mol. The van der Waals surface area contributed by atoms with E-state index in [2.05, 4.69) is 24.0 Å². The van der Waals surface area contributed by atoms with Crippen molar-refractivity contribution in [1.29, 1.82) is 0 Å². The van der Waals surface area contributed by atoms with E-state index in [0.29, 0.717) is 5.56 Å². The third-order valence-corrected chi connectivity index (χ3v) is 4.09. The van der Waals surface area contributed by atoms with Gasteiger partial charge >= 0.3 is 0 Å². The normalized spacial score (nSPS) is 11.9. The molecule has 3 nitrogen and oxygen atoms in total. The molecule has 1 amide bonds. The summed E-state index contributed by atoms with van der Waals surface area (Å²) >= 11 is 0. The molecule has 0 saturated carbocycles. The third kappa shape index (κ3) is 3.14. The van der Waals surface area contributed by atoms with Crippen molar-refractivity contribution in [2.75, 3.05) is 0 Å². The van der Waals surface area contributed by atoms with E-state index in [1.807, 2.05) is 42.5 Å². The lowest BCUT2D eigenvalue weighted by Gasteiger charge is -2.18. The van der Waals surface area contributed by atoms with Gasteiger partial charge in [0, 0.05) is 23.9 Å². The fourth-order valence-electron chi connectivity index (χ4n) is 2.79. The van der Waals surface area contributed by atoms with Gasteiger partial charge in [-0.25, -0.2) is 0 Å². The fraction of sp³-hybridized carbons (Fsp3) is 0.100. The molecule has 2 N–H and O–H groups in total. The molecule has 0 bridgehead atoms. The molecule has 114 valence electrons. The minimum Gasteiger partial charge on any atom is -0.366 e. The number of aromatic nitrogens is 1. The first-order chi connectivity index (χ1) is 11.2. The molecule has 0 saturated heterocycles. The van der Waals surface area contributed by atoms with Crippen LogP contribution in [0.5, 0.6) is 0 Å². The second kappa shape index (κ2) is 6.44. The van der Waals surface area contributed by atoms with Crippen LogP contribution in [0.3, 0.4) is 0 Å². The molecular weight excluding hydrogens is 284 g/mol. The molecule has 0 aliphatic heterocycles. The lowest BCUT2D eigenvalue weighted by atomic mass is 9.86. The number of hydrogen-bond donors (Lipinski definition) is 1. The summed E-state index contributed by atoms with van der Waals surface area (Å²) in [6.07, 6.45) is 3.54. The molecule has 0 radical (unpaired) electrons. The second-order valence-electron chi connectivity index (χ2n) is 5.53. The van der Waals surface area contributed by atoms with E-state index >= 15 is 0 Å². The number of carbonyl (C=O) groups is 1. The summed E-state index contributed by atoms with van der Waals surface area (Å²) in [5.74, 6) is -0.258. The highest BCUT2D eigenvalue weighted by molar-refractivity contribution is 5.94. The summed E-state index contributed by atoms with van der Waals surface area (Å²) in [6.45, 7) is 2.14. The van der Waals surface area contributed by atoms with Gasteiger partial charge in [-0.05, 0) is 46.5 Å². The van der Waals surface area contributed by atoms with Gasteiger partial charge in [0.1, 0.15) is 0 Å². The Bertz CT molecular complexity index is 814. The number of hydrogen-bond acceptors (Lipinski definition) is 2. The highest BCUT2D eigenvalue weighted by atomic mass is 16.1.